The van der Waals surface area contributed by atoms with Crippen molar-refractivity contribution < 1.29 is 13.7 Å². The largest absolute Gasteiger partial charge is 0.334 e. The molecule has 0 aliphatic rings. The Kier molecular flexibility index (Phi) is 4.67. The van der Waals surface area contributed by atoms with Crippen LogP contribution in [0.1, 0.15) is 5.82 Å². The molecule has 0 spiro atoms. The van der Waals surface area contributed by atoms with Crippen LogP contribution in [-0.4, -0.2) is 25.6 Å². The molecule has 8 heteroatoms. The average molecular weight is 377 g/mol. The molecule has 0 aliphatic heterocycles. The number of aromatic nitrogens is 4. The third kappa shape index (κ3) is 3.66. The molecule has 0 radical (unpaired) electrons. The van der Waals surface area contributed by atoms with E-state index in [0.717, 1.165) is 5.56 Å². The van der Waals surface area contributed by atoms with E-state index in [1.165, 1.54) is 12.1 Å². The SMILES string of the molecule is Cc1nc(-c2noc(-c3ccccc3)n2)cn1CC(=O)Nc1ccccc1F. The van der Waals surface area contributed by atoms with Gasteiger partial charge in [0.25, 0.3) is 5.89 Å². The number of hydrogen-bond acceptors (Lipinski definition) is 5. The second-order valence-electron chi connectivity index (χ2n) is 6.12. The number of hydrogen-bond donors (Lipinski definition) is 1. The van der Waals surface area contributed by atoms with Gasteiger partial charge in [0.05, 0.1) is 5.69 Å². The summed E-state index contributed by atoms with van der Waals surface area (Å²) in [5.74, 6) is 0.467. The number of aryl methyl sites for hydroxylation is 1. The molecular formula is C20H16FN5O2. The van der Waals surface area contributed by atoms with Crippen molar-refractivity contribution in [1.82, 2.24) is 19.7 Å². The maximum Gasteiger partial charge on any atom is 0.258 e. The number of para-hydroxylation sites is 1. The second kappa shape index (κ2) is 7.43. The Labute approximate surface area is 159 Å². The molecule has 0 atom stereocenters. The van der Waals surface area contributed by atoms with E-state index < -0.39 is 5.82 Å². The summed E-state index contributed by atoms with van der Waals surface area (Å²) in [6, 6.07) is 15.4. The van der Waals surface area contributed by atoms with Crippen LogP contribution in [0.5, 0.6) is 0 Å². The Hall–Kier alpha value is -3.81. The van der Waals surface area contributed by atoms with Gasteiger partial charge >= 0.3 is 0 Å². The van der Waals surface area contributed by atoms with Gasteiger partial charge in [0.1, 0.15) is 23.9 Å². The van der Waals surface area contributed by atoms with Gasteiger partial charge in [-0.2, -0.15) is 4.98 Å². The monoisotopic (exact) mass is 377 g/mol. The number of anilines is 1. The summed E-state index contributed by atoms with van der Waals surface area (Å²) in [6.07, 6.45) is 1.66. The summed E-state index contributed by atoms with van der Waals surface area (Å²) in [6.45, 7) is 1.74. The first-order chi connectivity index (χ1) is 13.6. The van der Waals surface area contributed by atoms with Gasteiger partial charge in [0, 0.05) is 11.8 Å². The van der Waals surface area contributed by atoms with Crippen molar-refractivity contribution >= 4 is 11.6 Å². The van der Waals surface area contributed by atoms with E-state index in [1.807, 2.05) is 30.3 Å². The third-order valence-electron chi connectivity index (χ3n) is 4.11. The van der Waals surface area contributed by atoms with E-state index in [2.05, 4.69) is 20.4 Å². The van der Waals surface area contributed by atoms with E-state index in [9.17, 15) is 9.18 Å². The van der Waals surface area contributed by atoms with Gasteiger partial charge in [-0.25, -0.2) is 9.37 Å². The summed E-state index contributed by atoms with van der Waals surface area (Å²) in [7, 11) is 0. The van der Waals surface area contributed by atoms with Gasteiger partial charge in [-0.15, -0.1) is 0 Å². The first-order valence-corrected chi connectivity index (χ1v) is 8.58. The zero-order chi connectivity index (χ0) is 19.5. The summed E-state index contributed by atoms with van der Waals surface area (Å²) < 4.78 is 20.6. The lowest BCUT2D eigenvalue weighted by atomic mass is 10.2. The molecule has 2 aromatic heterocycles. The Morgan fingerprint density at radius 1 is 1.11 bits per heavy atom. The van der Waals surface area contributed by atoms with E-state index in [0.29, 0.717) is 23.2 Å². The van der Waals surface area contributed by atoms with E-state index in [1.54, 1.807) is 29.8 Å². The number of nitrogens with one attached hydrogen (secondary N) is 1. The van der Waals surface area contributed by atoms with Crippen molar-refractivity contribution in [3.63, 3.8) is 0 Å². The van der Waals surface area contributed by atoms with Crippen LogP contribution in [0.25, 0.3) is 23.0 Å². The second-order valence-corrected chi connectivity index (χ2v) is 6.12. The van der Waals surface area contributed by atoms with Crippen molar-refractivity contribution in [2.75, 3.05) is 5.32 Å². The fraction of sp³-hybridized carbons (Fsp3) is 0.100. The highest BCUT2D eigenvalue weighted by Crippen LogP contribution is 2.21. The maximum atomic E-state index is 13.7. The maximum absolute atomic E-state index is 13.7. The summed E-state index contributed by atoms with van der Waals surface area (Å²) >= 11 is 0. The van der Waals surface area contributed by atoms with Crippen molar-refractivity contribution in [1.29, 1.82) is 0 Å². The minimum absolute atomic E-state index is 0.0173. The Morgan fingerprint density at radius 2 is 1.86 bits per heavy atom. The number of rotatable bonds is 5. The van der Waals surface area contributed by atoms with Crippen molar-refractivity contribution in [3.8, 4) is 23.0 Å². The van der Waals surface area contributed by atoms with Crippen LogP contribution in [0.4, 0.5) is 10.1 Å². The molecule has 0 bridgehead atoms. The fourth-order valence-electron chi connectivity index (χ4n) is 2.71. The van der Waals surface area contributed by atoms with Crippen LogP contribution < -0.4 is 5.32 Å². The lowest BCUT2D eigenvalue weighted by molar-refractivity contribution is -0.116. The van der Waals surface area contributed by atoms with Crippen LogP contribution >= 0.6 is 0 Å². The first-order valence-electron chi connectivity index (χ1n) is 8.58. The molecule has 140 valence electrons. The number of imidazole rings is 1. The van der Waals surface area contributed by atoms with Gasteiger partial charge in [0.15, 0.2) is 0 Å². The van der Waals surface area contributed by atoms with Crippen LogP contribution in [0.15, 0.2) is 65.3 Å². The van der Waals surface area contributed by atoms with Crippen LogP contribution in [0.3, 0.4) is 0 Å². The summed E-state index contributed by atoms with van der Waals surface area (Å²) in [5.41, 5.74) is 1.43. The summed E-state index contributed by atoms with van der Waals surface area (Å²) in [5, 5.41) is 6.51. The van der Waals surface area contributed by atoms with Crippen LogP contribution in [0, 0.1) is 12.7 Å². The Balaban J connectivity index is 1.50. The molecule has 28 heavy (non-hydrogen) atoms. The van der Waals surface area contributed by atoms with Crippen LogP contribution in [0.2, 0.25) is 0 Å². The molecule has 2 heterocycles. The number of benzene rings is 2. The molecule has 4 aromatic rings. The highest BCUT2D eigenvalue weighted by atomic mass is 19.1. The van der Waals surface area contributed by atoms with Crippen molar-refractivity contribution in [2.45, 2.75) is 13.5 Å². The van der Waals surface area contributed by atoms with Crippen LogP contribution in [-0.2, 0) is 11.3 Å². The number of amides is 1. The van der Waals surface area contributed by atoms with Crippen molar-refractivity contribution in [2.24, 2.45) is 0 Å². The van der Waals surface area contributed by atoms with Gasteiger partial charge in [0.2, 0.25) is 11.7 Å². The minimum Gasteiger partial charge on any atom is -0.334 e. The standard InChI is InChI=1S/C20H16FN5O2/c1-13-22-17(19-24-20(28-25-19)14-7-3-2-4-8-14)11-26(13)12-18(27)23-16-10-6-5-9-15(16)21/h2-11H,12H2,1H3,(H,23,27). The molecule has 4 rings (SSSR count). The topological polar surface area (TPSA) is 85.8 Å². The molecular weight excluding hydrogens is 361 g/mol. The first kappa shape index (κ1) is 17.6. The molecule has 2 aromatic carbocycles. The molecule has 0 unspecified atom stereocenters. The third-order valence-corrected chi connectivity index (χ3v) is 4.11. The minimum atomic E-state index is -0.487. The normalized spacial score (nSPS) is 10.8. The van der Waals surface area contributed by atoms with Crippen molar-refractivity contribution in [3.05, 3.63) is 72.4 Å². The predicted molar refractivity (Wildman–Crippen MR) is 101 cm³/mol. The van der Waals surface area contributed by atoms with E-state index in [4.69, 9.17) is 4.52 Å². The molecule has 7 nitrogen and oxygen atoms in total. The Morgan fingerprint density at radius 3 is 2.64 bits per heavy atom. The van der Waals surface area contributed by atoms with Gasteiger partial charge < -0.3 is 14.4 Å². The number of nitrogens with zero attached hydrogens (tertiary/aromatic N) is 4. The molecule has 0 saturated heterocycles. The van der Waals surface area contributed by atoms with E-state index in [-0.39, 0.29) is 18.1 Å². The smallest absolute Gasteiger partial charge is 0.258 e. The fourth-order valence-corrected chi connectivity index (χ4v) is 2.71. The molecule has 0 aliphatic carbocycles. The Bertz CT molecular complexity index is 1120. The average Bonchev–Trinajstić information content (AvgIpc) is 3.32. The zero-order valence-electron chi connectivity index (χ0n) is 15.0. The number of carbonyl (C=O) groups is 1. The quantitative estimate of drug-likeness (QED) is 0.573. The van der Waals surface area contributed by atoms with Gasteiger partial charge in [-0.3, -0.25) is 4.79 Å². The lowest BCUT2D eigenvalue weighted by Crippen LogP contribution is -2.19. The number of carbonyl (C=O) groups excluding carboxylic acids is 1. The summed E-state index contributed by atoms with van der Waals surface area (Å²) in [4.78, 5) is 21.0. The highest BCUT2D eigenvalue weighted by Gasteiger charge is 2.16. The molecule has 0 fully saturated rings. The molecule has 1 N–H and O–H groups in total. The molecule has 0 saturated carbocycles. The van der Waals surface area contributed by atoms with E-state index >= 15 is 0 Å². The van der Waals surface area contributed by atoms with Gasteiger partial charge in [-0.1, -0.05) is 35.5 Å². The lowest BCUT2D eigenvalue weighted by Gasteiger charge is -2.07. The van der Waals surface area contributed by atoms with Gasteiger partial charge in [-0.05, 0) is 31.2 Å². The predicted octanol–water partition coefficient (Wildman–Crippen LogP) is 3.69. The number of halogens is 1. The zero-order valence-corrected chi connectivity index (χ0v) is 15.0. The molecule has 1 amide bonds. The highest BCUT2D eigenvalue weighted by molar-refractivity contribution is 5.90.